The molecule has 1 aromatic rings. The van der Waals surface area contributed by atoms with Crippen molar-refractivity contribution in [3.05, 3.63) is 35.9 Å². The van der Waals surface area contributed by atoms with Gasteiger partial charge in [-0.2, -0.15) is 0 Å². The summed E-state index contributed by atoms with van der Waals surface area (Å²) in [5, 5.41) is 6.18. The van der Waals surface area contributed by atoms with Crippen LogP contribution in [0.1, 0.15) is 31.2 Å². The molecule has 22 heavy (non-hydrogen) atoms. The predicted molar refractivity (Wildman–Crippen MR) is 91.6 cm³/mol. The predicted octanol–water partition coefficient (Wildman–Crippen LogP) is 2.27. The van der Waals surface area contributed by atoms with Gasteiger partial charge in [-0.25, -0.2) is 0 Å². The van der Waals surface area contributed by atoms with Gasteiger partial charge in [-0.05, 0) is 18.4 Å². The van der Waals surface area contributed by atoms with E-state index in [0.717, 1.165) is 19.4 Å². The van der Waals surface area contributed by atoms with Gasteiger partial charge in [0.15, 0.2) is 0 Å². The fourth-order valence-electron chi connectivity index (χ4n) is 3.12. The summed E-state index contributed by atoms with van der Waals surface area (Å²) in [7, 11) is 1.66. The van der Waals surface area contributed by atoms with Crippen molar-refractivity contribution in [1.29, 1.82) is 0 Å². The molecule has 2 N–H and O–H groups in total. The fourth-order valence-corrected chi connectivity index (χ4v) is 3.12. The van der Waals surface area contributed by atoms with E-state index in [1.807, 2.05) is 6.07 Å². The van der Waals surface area contributed by atoms with Gasteiger partial charge in [-0.15, -0.1) is 12.4 Å². The van der Waals surface area contributed by atoms with Crippen LogP contribution < -0.4 is 10.6 Å². The third kappa shape index (κ3) is 5.27. The van der Waals surface area contributed by atoms with Crippen LogP contribution in [0, 0.1) is 0 Å². The minimum atomic E-state index is 0. The third-order valence-corrected chi connectivity index (χ3v) is 4.34. The van der Waals surface area contributed by atoms with Crippen LogP contribution in [0.4, 0.5) is 0 Å². The van der Waals surface area contributed by atoms with Gasteiger partial charge in [0.1, 0.15) is 0 Å². The average molecular weight is 327 g/mol. The number of carbonyl (C=O) groups is 1. The van der Waals surface area contributed by atoms with Gasteiger partial charge in [-0.3, -0.25) is 4.79 Å². The van der Waals surface area contributed by atoms with E-state index in [9.17, 15) is 4.79 Å². The lowest BCUT2D eigenvalue weighted by Crippen LogP contribution is -2.42. The van der Waals surface area contributed by atoms with Crippen LogP contribution in [-0.2, 0) is 14.9 Å². The first-order valence-corrected chi connectivity index (χ1v) is 7.79. The molecule has 0 spiro atoms. The average Bonchev–Trinajstić information content (AvgIpc) is 3.01. The number of hydrogen-bond donors (Lipinski definition) is 2. The van der Waals surface area contributed by atoms with E-state index in [-0.39, 0.29) is 23.7 Å². The highest BCUT2D eigenvalue weighted by molar-refractivity contribution is 5.85. The normalized spacial score (nSPS) is 16.0. The van der Waals surface area contributed by atoms with E-state index in [0.29, 0.717) is 19.7 Å². The molecule has 0 bridgehead atoms. The molecule has 0 unspecified atom stereocenters. The van der Waals surface area contributed by atoms with Crippen molar-refractivity contribution in [2.24, 2.45) is 0 Å². The zero-order valence-corrected chi connectivity index (χ0v) is 14.1. The Morgan fingerprint density at radius 3 is 2.55 bits per heavy atom. The molecule has 0 heterocycles. The maximum Gasteiger partial charge on any atom is 0.233 e. The largest absolute Gasteiger partial charge is 0.383 e. The Morgan fingerprint density at radius 1 is 1.23 bits per heavy atom. The monoisotopic (exact) mass is 326 g/mol. The summed E-state index contributed by atoms with van der Waals surface area (Å²) in [4.78, 5) is 11.9. The summed E-state index contributed by atoms with van der Waals surface area (Å²) >= 11 is 0. The molecule has 124 valence electrons. The van der Waals surface area contributed by atoms with Gasteiger partial charge in [0, 0.05) is 25.6 Å². The number of carbonyl (C=O) groups excluding carboxylic acids is 1. The molecule has 0 atom stereocenters. The molecule has 0 saturated heterocycles. The first-order valence-electron chi connectivity index (χ1n) is 7.79. The van der Waals surface area contributed by atoms with Gasteiger partial charge in [0.05, 0.1) is 13.2 Å². The quantitative estimate of drug-likeness (QED) is 0.721. The number of methoxy groups -OCH3 is 1. The maximum absolute atomic E-state index is 11.9. The van der Waals surface area contributed by atoms with E-state index in [2.05, 4.69) is 34.9 Å². The molecule has 2 rings (SSSR count). The van der Waals surface area contributed by atoms with E-state index in [1.54, 1.807) is 7.11 Å². The first-order chi connectivity index (χ1) is 10.3. The van der Waals surface area contributed by atoms with Gasteiger partial charge in [-0.1, -0.05) is 43.2 Å². The van der Waals surface area contributed by atoms with E-state index >= 15 is 0 Å². The Balaban J connectivity index is 0.00000242. The van der Waals surface area contributed by atoms with E-state index in [4.69, 9.17) is 4.74 Å². The molecule has 1 amide bonds. The van der Waals surface area contributed by atoms with Crippen molar-refractivity contribution in [3.63, 3.8) is 0 Å². The number of hydrogen-bond acceptors (Lipinski definition) is 3. The molecule has 1 fully saturated rings. The number of nitrogens with one attached hydrogen (secondary N) is 2. The van der Waals surface area contributed by atoms with Crippen molar-refractivity contribution >= 4 is 18.3 Å². The Hall–Kier alpha value is -1.10. The van der Waals surface area contributed by atoms with Crippen molar-refractivity contribution in [2.75, 3.05) is 33.4 Å². The van der Waals surface area contributed by atoms with Crippen LogP contribution >= 0.6 is 12.4 Å². The highest BCUT2D eigenvalue weighted by atomic mass is 35.5. The minimum absolute atomic E-state index is 0. The summed E-state index contributed by atoms with van der Waals surface area (Å²) in [6.45, 7) is 2.42. The molecular weight excluding hydrogens is 300 g/mol. The SMILES string of the molecule is COCCNCC(=O)NCC1(c2ccccc2)CCCC1.Cl. The van der Waals surface area contributed by atoms with Gasteiger partial charge in [0.25, 0.3) is 0 Å². The van der Waals surface area contributed by atoms with Crippen LogP contribution in [0.25, 0.3) is 0 Å². The van der Waals surface area contributed by atoms with Gasteiger partial charge in [0.2, 0.25) is 5.91 Å². The molecule has 0 aliphatic heterocycles. The number of amides is 1. The Labute approximate surface area is 139 Å². The summed E-state index contributed by atoms with van der Waals surface area (Å²) in [6.07, 6.45) is 4.82. The van der Waals surface area contributed by atoms with E-state index < -0.39 is 0 Å². The summed E-state index contributed by atoms with van der Waals surface area (Å²) in [5.41, 5.74) is 1.49. The highest BCUT2D eigenvalue weighted by Crippen LogP contribution is 2.40. The van der Waals surface area contributed by atoms with Crippen molar-refractivity contribution in [2.45, 2.75) is 31.1 Å². The number of rotatable bonds is 8. The molecule has 0 radical (unpaired) electrons. The van der Waals surface area contributed by atoms with Crippen LogP contribution in [-0.4, -0.2) is 39.3 Å². The molecule has 1 aliphatic rings. The lowest BCUT2D eigenvalue weighted by Gasteiger charge is -2.30. The lowest BCUT2D eigenvalue weighted by molar-refractivity contribution is -0.120. The Bertz CT molecular complexity index is 434. The van der Waals surface area contributed by atoms with Crippen molar-refractivity contribution < 1.29 is 9.53 Å². The van der Waals surface area contributed by atoms with Crippen molar-refractivity contribution in [1.82, 2.24) is 10.6 Å². The number of ether oxygens (including phenoxy) is 1. The number of benzene rings is 1. The molecule has 1 saturated carbocycles. The molecule has 1 aromatic carbocycles. The second kappa shape index (κ2) is 9.82. The minimum Gasteiger partial charge on any atom is -0.383 e. The Kier molecular flexibility index (Phi) is 8.46. The zero-order chi connectivity index (χ0) is 15.0. The van der Waals surface area contributed by atoms with Crippen LogP contribution in [0.15, 0.2) is 30.3 Å². The lowest BCUT2D eigenvalue weighted by atomic mass is 9.79. The van der Waals surface area contributed by atoms with Gasteiger partial charge < -0.3 is 15.4 Å². The summed E-state index contributed by atoms with van der Waals surface area (Å²) < 4.78 is 4.94. The standard InChI is InChI=1S/C17H26N2O2.ClH/c1-21-12-11-18-13-16(20)19-14-17(9-5-6-10-17)15-7-3-2-4-8-15;/h2-4,7-8,18H,5-6,9-14H2,1H3,(H,19,20);1H. The number of halogens is 1. The smallest absolute Gasteiger partial charge is 0.233 e. The maximum atomic E-state index is 11.9. The molecule has 4 nitrogen and oxygen atoms in total. The third-order valence-electron chi connectivity index (χ3n) is 4.34. The Morgan fingerprint density at radius 2 is 1.91 bits per heavy atom. The summed E-state index contributed by atoms with van der Waals surface area (Å²) in [5.74, 6) is 0.0632. The molecule has 5 heteroatoms. The van der Waals surface area contributed by atoms with E-state index in [1.165, 1.54) is 18.4 Å². The topological polar surface area (TPSA) is 50.4 Å². The molecule has 0 aromatic heterocycles. The molecule has 1 aliphatic carbocycles. The van der Waals surface area contributed by atoms with Crippen molar-refractivity contribution in [3.8, 4) is 0 Å². The highest BCUT2D eigenvalue weighted by Gasteiger charge is 2.35. The van der Waals surface area contributed by atoms with Gasteiger partial charge >= 0.3 is 0 Å². The first kappa shape index (κ1) is 18.9. The summed E-state index contributed by atoms with van der Waals surface area (Å²) in [6, 6.07) is 10.6. The second-order valence-corrected chi connectivity index (χ2v) is 5.80. The van der Waals surface area contributed by atoms with Crippen LogP contribution in [0.3, 0.4) is 0 Å². The zero-order valence-electron chi connectivity index (χ0n) is 13.3. The second-order valence-electron chi connectivity index (χ2n) is 5.80. The van der Waals surface area contributed by atoms with Crippen LogP contribution in [0.5, 0.6) is 0 Å². The molecular formula is C17H27ClN2O2. The fraction of sp³-hybridized carbons (Fsp3) is 0.588. The van der Waals surface area contributed by atoms with Crippen LogP contribution in [0.2, 0.25) is 0 Å².